The molecule has 24 heavy (non-hydrogen) atoms. The molecular weight excluding hydrogens is 311 g/mol. The Kier molecular flexibility index (Phi) is 3.81. The van der Waals surface area contributed by atoms with Crippen molar-refractivity contribution < 1.29 is 9.13 Å². The monoisotopic (exact) mass is 328 g/mol. The summed E-state index contributed by atoms with van der Waals surface area (Å²) >= 11 is 0. The minimum Gasteiger partial charge on any atom is -0.381 e. The third-order valence-corrected chi connectivity index (χ3v) is 4.47. The van der Waals surface area contributed by atoms with Crippen molar-refractivity contribution >= 4 is 0 Å². The molecular formula is C16H17FN6O. The van der Waals surface area contributed by atoms with E-state index in [-0.39, 0.29) is 11.4 Å². The van der Waals surface area contributed by atoms with Gasteiger partial charge in [0.1, 0.15) is 24.2 Å². The van der Waals surface area contributed by atoms with E-state index in [0.717, 1.165) is 24.1 Å². The predicted molar refractivity (Wildman–Crippen MR) is 82.7 cm³/mol. The van der Waals surface area contributed by atoms with Gasteiger partial charge >= 0.3 is 0 Å². The second-order valence-corrected chi connectivity index (χ2v) is 5.90. The van der Waals surface area contributed by atoms with E-state index in [9.17, 15) is 4.39 Å². The maximum absolute atomic E-state index is 13.3. The molecule has 1 aromatic carbocycles. The third-order valence-electron chi connectivity index (χ3n) is 4.47. The molecule has 7 nitrogen and oxygen atoms in total. The summed E-state index contributed by atoms with van der Waals surface area (Å²) in [5.74, 6) is -0.244. The molecule has 0 unspecified atom stereocenters. The Morgan fingerprint density at radius 3 is 2.67 bits per heavy atom. The number of ether oxygens (including phenoxy) is 1. The van der Waals surface area contributed by atoms with Crippen molar-refractivity contribution in [3.8, 4) is 0 Å². The molecule has 0 aliphatic carbocycles. The number of aromatic nitrogens is 6. The van der Waals surface area contributed by atoms with E-state index in [1.54, 1.807) is 11.0 Å². The smallest absolute Gasteiger partial charge is 0.137 e. The lowest BCUT2D eigenvalue weighted by Crippen LogP contribution is -2.41. The van der Waals surface area contributed by atoms with Crippen molar-refractivity contribution in [2.45, 2.75) is 24.9 Å². The van der Waals surface area contributed by atoms with Gasteiger partial charge in [0.2, 0.25) is 0 Å². The molecule has 0 radical (unpaired) electrons. The van der Waals surface area contributed by atoms with Crippen molar-refractivity contribution in [3.63, 3.8) is 0 Å². The van der Waals surface area contributed by atoms with E-state index in [1.165, 1.54) is 18.5 Å². The second-order valence-electron chi connectivity index (χ2n) is 5.90. The van der Waals surface area contributed by atoms with Crippen LogP contribution in [0.3, 0.4) is 0 Å². The van der Waals surface area contributed by atoms with Crippen LogP contribution in [0.2, 0.25) is 0 Å². The highest BCUT2D eigenvalue weighted by Gasteiger charge is 2.37. The van der Waals surface area contributed by atoms with Crippen LogP contribution in [0.1, 0.15) is 24.1 Å². The molecule has 0 amide bonds. The van der Waals surface area contributed by atoms with Gasteiger partial charge in [-0.05, 0) is 17.7 Å². The van der Waals surface area contributed by atoms with Crippen LogP contribution in [-0.2, 0) is 16.8 Å². The number of hydrogen-bond acceptors (Lipinski definition) is 5. The average molecular weight is 328 g/mol. The van der Waals surface area contributed by atoms with Gasteiger partial charge in [0, 0.05) is 26.1 Å². The molecule has 1 saturated heterocycles. The molecule has 2 aromatic heterocycles. The highest BCUT2D eigenvalue weighted by atomic mass is 19.1. The minimum absolute atomic E-state index is 0.244. The lowest BCUT2D eigenvalue weighted by molar-refractivity contribution is 0.0330. The van der Waals surface area contributed by atoms with Gasteiger partial charge in [-0.1, -0.05) is 17.3 Å². The zero-order chi connectivity index (χ0) is 16.4. The molecule has 0 spiro atoms. The Bertz CT molecular complexity index is 792. The van der Waals surface area contributed by atoms with Crippen molar-refractivity contribution in [2.75, 3.05) is 13.2 Å². The second kappa shape index (κ2) is 6.12. The molecule has 0 atom stereocenters. The molecule has 1 aliphatic rings. The lowest BCUT2D eigenvalue weighted by Gasteiger charge is -2.37. The van der Waals surface area contributed by atoms with Gasteiger partial charge in [-0.2, -0.15) is 5.10 Å². The first-order valence-electron chi connectivity index (χ1n) is 7.84. The number of nitrogens with zero attached hydrogens (tertiary/aromatic N) is 6. The Balaban J connectivity index is 1.69. The summed E-state index contributed by atoms with van der Waals surface area (Å²) in [4.78, 5) is 3.93. The molecule has 1 fully saturated rings. The van der Waals surface area contributed by atoms with Gasteiger partial charge in [0.15, 0.2) is 0 Å². The van der Waals surface area contributed by atoms with Crippen LogP contribution in [0.5, 0.6) is 0 Å². The van der Waals surface area contributed by atoms with Gasteiger partial charge in [-0.3, -0.25) is 0 Å². The van der Waals surface area contributed by atoms with E-state index in [1.807, 2.05) is 23.0 Å². The highest BCUT2D eigenvalue weighted by Crippen LogP contribution is 2.36. The van der Waals surface area contributed by atoms with Crippen molar-refractivity contribution in [3.05, 3.63) is 60.2 Å². The van der Waals surface area contributed by atoms with Crippen LogP contribution in [0.15, 0.2) is 43.1 Å². The molecule has 1 aliphatic heterocycles. The molecule has 0 saturated carbocycles. The summed E-state index contributed by atoms with van der Waals surface area (Å²) in [5, 5.41) is 12.7. The number of benzene rings is 1. The van der Waals surface area contributed by atoms with Gasteiger partial charge in [-0.15, -0.1) is 5.10 Å². The van der Waals surface area contributed by atoms with Crippen LogP contribution >= 0.6 is 0 Å². The molecule has 0 bridgehead atoms. The minimum atomic E-state index is -0.362. The summed E-state index contributed by atoms with van der Waals surface area (Å²) in [5.41, 5.74) is 1.46. The first-order valence-corrected chi connectivity index (χ1v) is 7.84. The third kappa shape index (κ3) is 2.69. The molecule has 124 valence electrons. The molecule has 0 N–H and O–H groups in total. The zero-order valence-electron chi connectivity index (χ0n) is 13.0. The van der Waals surface area contributed by atoms with Crippen LogP contribution in [0.25, 0.3) is 0 Å². The average Bonchev–Trinajstić information content (AvgIpc) is 3.29. The fourth-order valence-corrected chi connectivity index (χ4v) is 3.18. The van der Waals surface area contributed by atoms with Crippen LogP contribution in [0, 0.1) is 5.82 Å². The molecule has 3 heterocycles. The van der Waals surface area contributed by atoms with Gasteiger partial charge in [-0.25, -0.2) is 18.7 Å². The van der Waals surface area contributed by atoms with Gasteiger partial charge in [0.25, 0.3) is 0 Å². The standard InChI is InChI=1S/C16H17FN6O/c17-14-3-1-13(2-4-14)16(5-7-24-8-6-16)23-10-15(20-21-23)9-22-12-18-11-19-22/h1-4,10-12H,5-9H2. The Labute approximate surface area is 138 Å². The van der Waals surface area contributed by atoms with E-state index in [2.05, 4.69) is 20.4 Å². The Morgan fingerprint density at radius 2 is 1.96 bits per heavy atom. The molecule has 3 aromatic rings. The van der Waals surface area contributed by atoms with Crippen molar-refractivity contribution in [1.29, 1.82) is 0 Å². The SMILES string of the molecule is Fc1ccc(C2(n3cc(Cn4cncn4)nn3)CCOCC2)cc1. The maximum Gasteiger partial charge on any atom is 0.137 e. The number of rotatable bonds is 4. The van der Waals surface area contributed by atoms with Gasteiger partial charge < -0.3 is 4.74 Å². The number of hydrogen-bond donors (Lipinski definition) is 0. The van der Waals surface area contributed by atoms with Crippen LogP contribution < -0.4 is 0 Å². The summed E-state index contributed by atoms with van der Waals surface area (Å²) in [6.45, 7) is 1.78. The maximum atomic E-state index is 13.3. The summed E-state index contributed by atoms with van der Waals surface area (Å²) in [6, 6.07) is 6.61. The lowest BCUT2D eigenvalue weighted by atomic mass is 9.83. The zero-order valence-corrected chi connectivity index (χ0v) is 13.0. The van der Waals surface area contributed by atoms with Gasteiger partial charge in [0.05, 0.1) is 18.3 Å². The topological polar surface area (TPSA) is 70.7 Å². The van der Waals surface area contributed by atoms with E-state index in [0.29, 0.717) is 19.8 Å². The predicted octanol–water partition coefficient (Wildman–Crippen LogP) is 1.61. The van der Waals surface area contributed by atoms with E-state index in [4.69, 9.17) is 4.74 Å². The quantitative estimate of drug-likeness (QED) is 0.728. The molecule has 4 rings (SSSR count). The normalized spacial score (nSPS) is 17.0. The van der Waals surface area contributed by atoms with E-state index >= 15 is 0 Å². The fourth-order valence-electron chi connectivity index (χ4n) is 3.18. The van der Waals surface area contributed by atoms with Crippen molar-refractivity contribution in [1.82, 2.24) is 29.8 Å². The highest BCUT2D eigenvalue weighted by molar-refractivity contribution is 5.27. The fraction of sp³-hybridized carbons (Fsp3) is 0.375. The van der Waals surface area contributed by atoms with Crippen molar-refractivity contribution in [2.24, 2.45) is 0 Å². The first kappa shape index (κ1) is 14.9. The Morgan fingerprint density at radius 1 is 1.17 bits per heavy atom. The summed E-state index contributed by atoms with van der Waals surface area (Å²) in [7, 11) is 0. The largest absolute Gasteiger partial charge is 0.381 e. The van der Waals surface area contributed by atoms with E-state index < -0.39 is 0 Å². The van der Waals surface area contributed by atoms with Crippen LogP contribution in [-0.4, -0.2) is 43.0 Å². The summed E-state index contributed by atoms with van der Waals surface area (Å²) < 4.78 is 22.4. The van der Waals surface area contributed by atoms with Crippen LogP contribution in [0.4, 0.5) is 4.39 Å². The molecule has 8 heteroatoms. The number of halogens is 1. The Hall–Kier alpha value is -2.61. The summed E-state index contributed by atoms with van der Waals surface area (Å²) in [6.07, 6.45) is 6.60. The first-order chi connectivity index (χ1) is 11.8.